The molecule has 0 saturated heterocycles. The van der Waals surface area contributed by atoms with Crippen LogP contribution in [0.2, 0.25) is 0 Å². The molecular weight excluding hydrogens is 384 g/mol. The predicted octanol–water partition coefficient (Wildman–Crippen LogP) is 5.66. The summed E-state index contributed by atoms with van der Waals surface area (Å²) in [4.78, 5) is 25.9. The zero-order valence-corrected chi connectivity index (χ0v) is 17.5. The van der Waals surface area contributed by atoms with Gasteiger partial charge in [0.05, 0.1) is 11.5 Å². The van der Waals surface area contributed by atoms with Gasteiger partial charge < -0.3 is 15.1 Å². The summed E-state index contributed by atoms with van der Waals surface area (Å²) >= 11 is 1.48. The first-order valence-corrected chi connectivity index (χ1v) is 10.3. The van der Waals surface area contributed by atoms with E-state index in [1.165, 1.54) is 18.0 Å². The van der Waals surface area contributed by atoms with Crippen LogP contribution in [0.1, 0.15) is 35.0 Å². The van der Waals surface area contributed by atoms with E-state index in [9.17, 15) is 9.59 Å². The summed E-state index contributed by atoms with van der Waals surface area (Å²) in [6.07, 6.45) is 2.14. The molecule has 1 atom stereocenters. The molecule has 0 aliphatic rings. The van der Waals surface area contributed by atoms with E-state index in [1.54, 1.807) is 12.1 Å². The topological polar surface area (TPSA) is 71.3 Å². The zero-order chi connectivity index (χ0) is 20.8. The van der Waals surface area contributed by atoms with Crippen LogP contribution in [0.5, 0.6) is 0 Å². The summed E-state index contributed by atoms with van der Waals surface area (Å²) in [7, 11) is 0. The van der Waals surface area contributed by atoms with E-state index in [0.717, 1.165) is 21.7 Å². The number of thioether (sulfide) groups is 1. The smallest absolute Gasteiger partial charge is 0.291 e. The van der Waals surface area contributed by atoms with Gasteiger partial charge in [0, 0.05) is 16.3 Å². The van der Waals surface area contributed by atoms with E-state index in [4.69, 9.17) is 4.42 Å². The van der Waals surface area contributed by atoms with Crippen LogP contribution in [-0.2, 0) is 4.79 Å². The van der Waals surface area contributed by atoms with Crippen molar-refractivity contribution in [3.05, 3.63) is 77.7 Å². The number of rotatable bonds is 7. The lowest BCUT2D eigenvalue weighted by molar-refractivity contribution is -0.115. The Morgan fingerprint density at radius 3 is 2.59 bits per heavy atom. The van der Waals surface area contributed by atoms with Crippen molar-refractivity contribution in [2.75, 3.05) is 10.6 Å². The SMILES string of the molecule is CCC(Sc1cccc(NC(=O)c2ccco2)c1)C(=O)Nc1cc(C)ccc1C. The van der Waals surface area contributed by atoms with Crippen LogP contribution in [-0.4, -0.2) is 17.1 Å². The highest BCUT2D eigenvalue weighted by Crippen LogP contribution is 2.29. The van der Waals surface area contributed by atoms with Gasteiger partial charge >= 0.3 is 0 Å². The predicted molar refractivity (Wildman–Crippen MR) is 118 cm³/mol. The van der Waals surface area contributed by atoms with Crippen LogP contribution >= 0.6 is 11.8 Å². The van der Waals surface area contributed by atoms with Gasteiger partial charge in [-0.15, -0.1) is 11.8 Å². The first-order valence-electron chi connectivity index (χ1n) is 9.46. The molecule has 29 heavy (non-hydrogen) atoms. The third-order valence-electron chi connectivity index (χ3n) is 4.43. The van der Waals surface area contributed by atoms with Gasteiger partial charge in [-0.3, -0.25) is 9.59 Å². The van der Waals surface area contributed by atoms with E-state index >= 15 is 0 Å². The number of amides is 2. The fourth-order valence-electron chi connectivity index (χ4n) is 2.82. The Labute approximate surface area is 174 Å². The molecule has 0 radical (unpaired) electrons. The number of furan rings is 1. The molecule has 6 heteroatoms. The minimum Gasteiger partial charge on any atom is -0.459 e. The molecule has 1 unspecified atom stereocenters. The highest BCUT2D eigenvalue weighted by atomic mass is 32.2. The lowest BCUT2D eigenvalue weighted by Gasteiger charge is -2.17. The highest BCUT2D eigenvalue weighted by Gasteiger charge is 2.19. The summed E-state index contributed by atoms with van der Waals surface area (Å²) in [5.41, 5.74) is 3.63. The number of carbonyl (C=O) groups excluding carboxylic acids is 2. The van der Waals surface area contributed by atoms with Crippen LogP contribution in [0.3, 0.4) is 0 Å². The second-order valence-corrected chi connectivity index (χ2v) is 8.06. The van der Waals surface area contributed by atoms with Crippen molar-refractivity contribution in [1.29, 1.82) is 0 Å². The molecule has 3 aromatic rings. The molecule has 1 aromatic heterocycles. The fourth-order valence-corrected chi connectivity index (χ4v) is 3.83. The molecule has 150 valence electrons. The largest absolute Gasteiger partial charge is 0.459 e. The summed E-state index contributed by atoms with van der Waals surface area (Å²) < 4.78 is 5.12. The Balaban J connectivity index is 1.68. The molecule has 0 fully saturated rings. The lowest BCUT2D eigenvalue weighted by atomic mass is 10.1. The van der Waals surface area contributed by atoms with E-state index in [1.807, 2.05) is 63.2 Å². The first kappa shape index (κ1) is 20.7. The van der Waals surface area contributed by atoms with Crippen LogP contribution in [0, 0.1) is 13.8 Å². The Bertz CT molecular complexity index is 999. The Morgan fingerprint density at radius 2 is 1.86 bits per heavy atom. The normalized spacial score (nSPS) is 11.7. The van der Waals surface area contributed by atoms with E-state index in [2.05, 4.69) is 10.6 Å². The quantitative estimate of drug-likeness (QED) is 0.495. The monoisotopic (exact) mass is 408 g/mol. The fraction of sp³-hybridized carbons (Fsp3) is 0.217. The summed E-state index contributed by atoms with van der Waals surface area (Å²) in [6, 6.07) is 16.7. The van der Waals surface area contributed by atoms with Crippen molar-refractivity contribution < 1.29 is 14.0 Å². The van der Waals surface area contributed by atoms with Crippen molar-refractivity contribution in [3.8, 4) is 0 Å². The second kappa shape index (κ2) is 9.47. The van der Waals surface area contributed by atoms with Crippen LogP contribution in [0.4, 0.5) is 11.4 Å². The third-order valence-corrected chi connectivity index (χ3v) is 5.79. The van der Waals surface area contributed by atoms with Crippen molar-refractivity contribution in [2.45, 2.75) is 37.3 Å². The Kier molecular flexibility index (Phi) is 6.77. The van der Waals surface area contributed by atoms with E-state index in [0.29, 0.717) is 12.1 Å². The molecule has 2 aromatic carbocycles. The summed E-state index contributed by atoms with van der Waals surface area (Å²) in [5.74, 6) is -0.0875. The maximum Gasteiger partial charge on any atom is 0.291 e. The molecule has 0 aliphatic carbocycles. The van der Waals surface area contributed by atoms with E-state index < -0.39 is 0 Å². The minimum atomic E-state index is -0.308. The van der Waals surface area contributed by atoms with Crippen molar-refractivity contribution in [2.24, 2.45) is 0 Å². The second-order valence-electron chi connectivity index (χ2n) is 6.78. The summed E-state index contributed by atoms with van der Waals surface area (Å²) in [6.45, 7) is 5.97. The number of aryl methyl sites for hydroxylation is 2. The number of anilines is 2. The van der Waals surface area contributed by atoms with Gasteiger partial charge in [0.1, 0.15) is 0 Å². The average Bonchev–Trinajstić information content (AvgIpc) is 3.24. The van der Waals surface area contributed by atoms with Gasteiger partial charge in [-0.25, -0.2) is 0 Å². The van der Waals surface area contributed by atoms with Gasteiger partial charge in [0.15, 0.2) is 5.76 Å². The summed E-state index contributed by atoms with van der Waals surface area (Å²) in [5, 5.41) is 5.61. The molecule has 0 saturated carbocycles. The third kappa shape index (κ3) is 5.51. The molecule has 0 bridgehead atoms. The van der Waals surface area contributed by atoms with Crippen molar-refractivity contribution in [3.63, 3.8) is 0 Å². The first-order chi connectivity index (χ1) is 14.0. The molecule has 3 rings (SSSR count). The molecule has 2 amide bonds. The Morgan fingerprint density at radius 1 is 1.03 bits per heavy atom. The molecular formula is C23H24N2O3S. The lowest BCUT2D eigenvalue weighted by Crippen LogP contribution is -2.25. The molecule has 0 spiro atoms. The molecule has 1 heterocycles. The number of benzene rings is 2. The van der Waals surface area contributed by atoms with Gasteiger partial charge in [-0.1, -0.05) is 25.1 Å². The molecule has 5 nitrogen and oxygen atoms in total. The zero-order valence-electron chi connectivity index (χ0n) is 16.7. The number of nitrogens with one attached hydrogen (secondary N) is 2. The standard InChI is InChI=1S/C23H24N2O3S/c1-4-21(23(27)25-19-13-15(2)10-11-16(19)3)29-18-8-5-7-17(14-18)24-22(26)20-9-6-12-28-20/h5-14,21H,4H2,1-3H3,(H,24,26)(H,25,27). The maximum absolute atomic E-state index is 12.8. The van der Waals surface area contributed by atoms with Crippen molar-refractivity contribution in [1.82, 2.24) is 0 Å². The van der Waals surface area contributed by atoms with Crippen LogP contribution < -0.4 is 10.6 Å². The van der Waals surface area contributed by atoms with Crippen LogP contribution in [0.15, 0.2) is 70.2 Å². The van der Waals surface area contributed by atoms with Gasteiger partial charge in [0.25, 0.3) is 5.91 Å². The highest BCUT2D eigenvalue weighted by molar-refractivity contribution is 8.00. The maximum atomic E-state index is 12.8. The average molecular weight is 409 g/mol. The van der Waals surface area contributed by atoms with Crippen LogP contribution in [0.25, 0.3) is 0 Å². The van der Waals surface area contributed by atoms with Gasteiger partial charge in [-0.05, 0) is 67.8 Å². The number of hydrogen-bond acceptors (Lipinski definition) is 4. The molecule has 2 N–H and O–H groups in total. The van der Waals surface area contributed by atoms with Gasteiger partial charge in [-0.2, -0.15) is 0 Å². The number of hydrogen-bond donors (Lipinski definition) is 2. The molecule has 0 aliphatic heterocycles. The van der Waals surface area contributed by atoms with E-state index in [-0.39, 0.29) is 22.8 Å². The number of carbonyl (C=O) groups is 2. The van der Waals surface area contributed by atoms with Gasteiger partial charge in [0.2, 0.25) is 5.91 Å². The Hall–Kier alpha value is -2.99. The minimum absolute atomic E-state index is 0.0313. The van der Waals surface area contributed by atoms with Crippen molar-refractivity contribution >= 4 is 35.0 Å².